The monoisotopic (exact) mass is 466 g/mol. The normalized spacial score (nSPS) is 16.0. The second kappa shape index (κ2) is 9.29. The summed E-state index contributed by atoms with van der Waals surface area (Å²) in [6.45, 7) is 5.97. The Balaban J connectivity index is 1.48. The van der Waals surface area contributed by atoms with Crippen LogP contribution in [-0.2, 0) is 21.6 Å². The van der Waals surface area contributed by atoms with E-state index in [0.29, 0.717) is 48.0 Å². The third-order valence-electron chi connectivity index (χ3n) is 6.25. The highest BCUT2D eigenvalue weighted by Gasteiger charge is 2.41. The van der Waals surface area contributed by atoms with Crippen LogP contribution in [0.5, 0.6) is 5.75 Å². The van der Waals surface area contributed by atoms with E-state index in [0.717, 1.165) is 5.56 Å². The molecule has 34 heavy (non-hydrogen) atoms. The quantitative estimate of drug-likeness (QED) is 0.542. The van der Waals surface area contributed by atoms with E-state index in [1.807, 2.05) is 6.07 Å². The van der Waals surface area contributed by atoms with E-state index in [1.165, 1.54) is 17.0 Å². The van der Waals surface area contributed by atoms with Crippen molar-refractivity contribution >= 4 is 11.9 Å². The minimum atomic E-state index is -0.971. The topological polar surface area (TPSA) is 92.9 Å². The van der Waals surface area contributed by atoms with Crippen molar-refractivity contribution in [3.63, 3.8) is 0 Å². The first-order valence-corrected chi connectivity index (χ1v) is 11.2. The fourth-order valence-corrected chi connectivity index (χ4v) is 4.15. The summed E-state index contributed by atoms with van der Waals surface area (Å²) in [5.41, 5.74) is 1.09. The van der Waals surface area contributed by atoms with Crippen LogP contribution in [0.15, 0.2) is 52.9 Å². The number of amides is 1. The van der Waals surface area contributed by atoms with E-state index in [2.05, 4.69) is 4.98 Å². The fourth-order valence-electron chi connectivity index (χ4n) is 4.15. The van der Waals surface area contributed by atoms with E-state index in [4.69, 9.17) is 9.15 Å². The average molecular weight is 467 g/mol. The Morgan fingerprint density at radius 1 is 1.24 bits per heavy atom. The van der Waals surface area contributed by atoms with Crippen molar-refractivity contribution in [1.82, 2.24) is 9.88 Å². The van der Waals surface area contributed by atoms with Gasteiger partial charge in [-0.15, -0.1) is 0 Å². The van der Waals surface area contributed by atoms with E-state index < -0.39 is 17.4 Å². The summed E-state index contributed by atoms with van der Waals surface area (Å²) in [5, 5.41) is 9.46. The van der Waals surface area contributed by atoms with E-state index in [9.17, 15) is 19.1 Å². The van der Waals surface area contributed by atoms with E-state index in [1.54, 1.807) is 51.1 Å². The third-order valence-corrected chi connectivity index (χ3v) is 6.25. The van der Waals surface area contributed by atoms with Crippen molar-refractivity contribution in [2.75, 3.05) is 6.54 Å². The molecule has 0 spiro atoms. The molecular formula is C26H27FN2O5. The molecule has 178 valence electrons. The molecule has 2 aromatic carbocycles. The van der Waals surface area contributed by atoms with Crippen LogP contribution in [0.1, 0.15) is 43.7 Å². The van der Waals surface area contributed by atoms with Crippen molar-refractivity contribution in [1.29, 1.82) is 0 Å². The lowest BCUT2D eigenvalue weighted by Crippen LogP contribution is -2.48. The number of carbonyl (C=O) groups excluding carboxylic acids is 1. The number of hydrogen-bond donors (Lipinski definition) is 1. The highest BCUT2D eigenvalue weighted by molar-refractivity contribution is 5.91. The molecular weight excluding hydrogens is 439 g/mol. The van der Waals surface area contributed by atoms with Gasteiger partial charge in [-0.25, -0.2) is 14.2 Å². The number of likely N-dealkylation sites (tertiary alicyclic amines) is 1. The molecule has 1 aliphatic rings. The molecule has 7 nitrogen and oxygen atoms in total. The molecule has 8 heteroatoms. The number of carbonyl (C=O) groups is 2. The molecule has 1 saturated heterocycles. The molecule has 0 radical (unpaired) electrons. The molecule has 3 aromatic rings. The Kier molecular flexibility index (Phi) is 6.41. The molecule has 0 aliphatic carbocycles. The van der Waals surface area contributed by atoms with Gasteiger partial charge in [0.1, 0.15) is 35.7 Å². The first-order chi connectivity index (χ1) is 16.2. The van der Waals surface area contributed by atoms with Gasteiger partial charge in [-0.1, -0.05) is 12.1 Å². The fraction of sp³-hybridized carbons (Fsp3) is 0.346. The summed E-state index contributed by atoms with van der Waals surface area (Å²) in [5.74, 6) is 0.0165. The van der Waals surface area contributed by atoms with Crippen molar-refractivity contribution < 1.29 is 28.2 Å². The summed E-state index contributed by atoms with van der Waals surface area (Å²) in [6, 6.07) is 12.3. The van der Waals surface area contributed by atoms with Crippen LogP contribution in [0.4, 0.5) is 4.39 Å². The number of hydrogen-bond acceptors (Lipinski definition) is 5. The highest BCUT2D eigenvalue weighted by atomic mass is 19.1. The molecule has 1 aliphatic heterocycles. The SMILES string of the molecule is Cc1oc(-c2ccc(F)cc2)nc1COc1cccc(C(C)(C)C(=O)N2CCC[C@@H]2C(=O)O)c1. The zero-order valence-corrected chi connectivity index (χ0v) is 19.4. The first kappa shape index (κ1) is 23.5. The molecule has 1 fully saturated rings. The van der Waals surface area contributed by atoms with Gasteiger partial charge in [0.15, 0.2) is 0 Å². The molecule has 0 unspecified atom stereocenters. The summed E-state index contributed by atoms with van der Waals surface area (Å²) >= 11 is 0. The molecule has 0 saturated carbocycles. The maximum Gasteiger partial charge on any atom is 0.326 e. The van der Waals surface area contributed by atoms with Gasteiger partial charge in [-0.2, -0.15) is 0 Å². The molecule has 2 heterocycles. The number of carboxylic acids is 1. The maximum absolute atomic E-state index is 13.3. The number of benzene rings is 2. The molecule has 0 bridgehead atoms. The lowest BCUT2D eigenvalue weighted by molar-refractivity contribution is -0.150. The number of aryl methyl sites for hydroxylation is 1. The van der Waals surface area contributed by atoms with Crippen molar-refractivity contribution in [2.45, 2.75) is 51.7 Å². The van der Waals surface area contributed by atoms with Gasteiger partial charge in [0, 0.05) is 12.1 Å². The standard InChI is InChI=1S/C26H27FN2O5/c1-16-21(28-23(34-16)17-9-11-19(27)12-10-17)15-33-20-7-4-6-18(14-20)26(2,3)25(32)29-13-5-8-22(29)24(30)31/h4,6-7,9-12,14,22H,5,8,13,15H2,1-3H3,(H,30,31)/t22-/m1/s1. The van der Waals surface area contributed by atoms with Gasteiger partial charge < -0.3 is 19.2 Å². The predicted molar refractivity (Wildman–Crippen MR) is 123 cm³/mol. The second-order valence-electron chi connectivity index (χ2n) is 8.97. The number of rotatable bonds is 7. The Hall–Kier alpha value is -3.68. The zero-order valence-electron chi connectivity index (χ0n) is 19.4. The van der Waals surface area contributed by atoms with Gasteiger partial charge in [0.25, 0.3) is 0 Å². The largest absolute Gasteiger partial charge is 0.487 e. The molecule has 4 rings (SSSR count). The second-order valence-corrected chi connectivity index (χ2v) is 8.97. The Labute approximate surface area is 197 Å². The molecule has 1 aromatic heterocycles. The summed E-state index contributed by atoms with van der Waals surface area (Å²) in [4.78, 5) is 30.7. The van der Waals surface area contributed by atoms with E-state index >= 15 is 0 Å². The maximum atomic E-state index is 13.3. The number of aromatic nitrogens is 1. The Morgan fingerprint density at radius 3 is 2.68 bits per heavy atom. The molecule has 1 atom stereocenters. The smallest absolute Gasteiger partial charge is 0.326 e. The van der Waals surface area contributed by atoms with E-state index in [-0.39, 0.29) is 18.3 Å². The number of oxazole rings is 1. The number of nitrogens with zero attached hydrogens (tertiary/aromatic N) is 2. The van der Waals surface area contributed by atoms with Crippen molar-refractivity contribution in [3.05, 3.63) is 71.4 Å². The predicted octanol–water partition coefficient (Wildman–Crippen LogP) is 4.72. The number of carboxylic acid groups (broad SMARTS) is 1. The summed E-state index contributed by atoms with van der Waals surface area (Å²) < 4.78 is 24.8. The van der Waals surface area contributed by atoms with Crippen LogP contribution in [-0.4, -0.2) is 39.5 Å². The minimum Gasteiger partial charge on any atom is -0.487 e. The van der Waals surface area contributed by atoms with Crippen LogP contribution in [0.25, 0.3) is 11.5 Å². The van der Waals surface area contributed by atoms with Gasteiger partial charge >= 0.3 is 5.97 Å². The minimum absolute atomic E-state index is 0.154. The highest BCUT2D eigenvalue weighted by Crippen LogP contribution is 2.32. The van der Waals surface area contributed by atoms with Gasteiger partial charge in [-0.05, 0) is 75.6 Å². The van der Waals surface area contributed by atoms with Gasteiger partial charge in [0.05, 0.1) is 5.41 Å². The summed E-state index contributed by atoms with van der Waals surface area (Å²) in [6.07, 6.45) is 1.15. The van der Waals surface area contributed by atoms with Crippen LogP contribution in [0.3, 0.4) is 0 Å². The first-order valence-electron chi connectivity index (χ1n) is 11.2. The lowest BCUT2D eigenvalue weighted by Gasteiger charge is -2.32. The number of halogens is 1. The van der Waals surface area contributed by atoms with Gasteiger partial charge in [0.2, 0.25) is 11.8 Å². The zero-order chi connectivity index (χ0) is 24.5. The lowest BCUT2D eigenvalue weighted by atomic mass is 9.83. The van der Waals surface area contributed by atoms with Crippen LogP contribution >= 0.6 is 0 Å². The number of ether oxygens (including phenoxy) is 1. The average Bonchev–Trinajstić information content (AvgIpc) is 3.45. The van der Waals surface area contributed by atoms with Crippen LogP contribution < -0.4 is 4.74 Å². The summed E-state index contributed by atoms with van der Waals surface area (Å²) in [7, 11) is 0. The molecule has 1 amide bonds. The van der Waals surface area contributed by atoms with Gasteiger partial charge in [-0.3, -0.25) is 4.79 Å². The van der Waals surface area contributed by atoms with Crippen LogP contribution in [0.2, 0.25) is 0 Å². The number of aliphatic carboxylic acids is 1. The Bertz CT molecular complexity index is 1200. The van der Waals surface area contributed by atoms with Crippen LogP contribution in [0, 0.1) is 12.7 Å². The van der Waals surface area contributed by atoms with Crippen molar-refractivity contribution in [3.8, 4) is 17.2 Å². The Morgan fingerprint density at radius 2 is 1.97 bits per heavy atom. The third kappa shape index (κ3) is 4.66. The molecule has 1 N–H and O–H groups in total. The van der Waals surface area contributed by atoms with Crippen molar-refractivity contribution in [2.24, 2.45) is 0 Å².